The first-order valence-corrected chi connectivity index (χ1v) is 7.22. The third-order valence-corrected chi connectivity index (χ3v) is 4.92. The van der Waals surface area contributed by atoms with Gasteiger partial charge in [-0.1, -0.05) is 63.4 Å². The van der Waals surface area contributed by atoms with E-state index in [-0.39, 0.29) is 4.83 Å². The van der Waals surface area contributed by atoms with Crippen molar-refractivity contribution < 1.29 is 0 Å². The highest BCUT2D eigenvalue weighted by Crippen LogP contribution is 2.42. The second-order valence-corrected chi connectivity index (χ2v) is 6.70. The SMILES string of the molecule is Cc1ccccc1C(Br)c1cc(Cl)sc1Cl. The summed E-state index contributed by atoms with van der Waals surface area (Å²) in [6.07, 6.45) is 0. The third kappa shape index (κ3) is 2.45. The van der Waals surface area contributed by atoms with Crippen LogP contribution < -0.4 is 0 Å². The molecule has 84 valence electrons. The summed E-state index contributed by atoms with van der Waals surface area (Å²) in [7, 11) is 0. The van der Waals surface area contributed by atoms with Crippen LogP contribution in [0.2, 0.25) is 8.67 Å². The van der Waals surface area contributed by atoms with Gasteiger partial charge in [0.25, 0.3) is 0 Å². The van der Waals surface area contributed by atoms with E-state index in [2.05, 4.69) is 35.0 Å². The van der Waals surface area contributed by atoms with E-state index in [1.807, 2.05) is 18.2 Å². The van der Waals surface area contributed by atoms with Crippen LogP contribution in [-0.2, 0) is 0 Å². The summed E-state index contributed by atoms with van der Waals surface area (Å²) in [6.45, 7) is 2.09. The average molecular weight is 336 g/mol. The fourth-order valence-corrected chi connectivity index (χ4v) is 4.25. The number of thiophene rings is 1. The molecule has 1 aromatic carbocycles. The van der Waals surface area contributed by atoms with E-state index in [1.54, 1.807) is 0 Å². The molecule has 2 aromatic rings. The molecule has 0 aliphatic carbocycles. The highest BCUT2D eigenvalue weighted by Gasteiger charge is 2.17. The van der Waals surface area contributed by atoms with Gasteiger partial charge in [0.1, 0.15) is 0 Å². The quantitative estimate of drug-likeness (QED) is 0.604. The first-order valence-electron chi connectivity index (χ1n) is 4.74. The molecule has 0 bridgehead atoms. The number of aryl methyl sites for hydroxylation is 1. The Hall–Kier alpha value is -0.0200. The van der Waals surface area contributed by atoms with Gasteiger partial charge < -0.3 is 0 Å². The van der Waals surface area contributed by atoms with Crippen LogP contribution in [0.4, 0.5) is 0 Å². The molecule has 1 atom stereocenters. The van der Waals surface area contributed by atoms with Gasteiger partial charge in [0, 0.05) is 5.56 Å². The lowest BCUT2D eigenvalue weighted by atomic mass is 10.0. The molecule has 0 saturated heterocycles. The zero-order valence-corrected chi connectivity index (χ0v) is 12.4. The average Bonchev–Trinajstić information content (AvgIpc) is 2.58. The monoisotopic (exact) mass is 334 g/mol. The molecular formula is C12H9BrCl2S. The van der Waals surface area contributed by atoms with Crippen LogP contribution in [0.5, 0.6) is 0 Å². The van der Waals surface area contributed by atoms with Crippen molar-refractivity contribution in [2.45, 2.75) is 11.8 Å². The number of halogens is 3. The van der Waals surface area contributed by atoms with Crippen molar-refractivity contribution in [3.05, 3.63) is 55.7 Å². The van der Waals surface area contributed by atoms with Crippen molar-refractivity contribution >= 4 is 50.5 Å². The molecule has 0 amide bonds. The Bertz CT molecular complexity index is 507. The van der Waals surface area contributed by atoms with Crippen molar-refractivity contribution in [1.29, 1.82) is 0 Å². The van der Waals surface area contributed by atoms with Gasteiger partial charge in [0.05, 0.1) is 13.5 Å². The summed E-state index contributed by atoms with van der Waals surface area (Å²) in [4.78, 5) is 0.102. The lowest BCUT2D eigenvalue weighted by molar-refractivity contribution is 1.16. The maximum atomic E-state index is 6.15. The van der Waals surface area contributed by atoms with Gasteiger partial charge in [-0.25, -0.2) is 0 Å². The summed E-state index contributed by atoms with van der Waals surface area (Å²) in [5.74, 6) is 0. The number of benzene rings is 1. The van der Waals surface area contributed by atoms with Gasteiger partial charge in [0.2, 0.25) is 0 Å². The summed E-state index contributed by atoms with van der Waals surface area (Å²) in [5.41, 5.74) is 3.49. The van der Waals surface area contributed by atoms with Crippen LogP contribution in [-0.4, -0.2) is 0 Å². The number of hydrogen-bond acceptors (Lipinski definition) is 1. The minimum atomic E-state index is 0.102. The summed E-state index contributed by atoms with van der Waals surface area (Å²) >= 11 is 17.2. The Morgan fingerprint density at radius 1 is 1.19 bits per heavy atom. The first kappa shape index (κ1) is 12.4. The summed E-state index contributed by atoms with van der Waals surface area (Å²) in [5, 5.41) is 0. The van der Waals surface area contributed by atoms with E-state index in [0.29, 0.717) is 0 Å². The van der Waals surface area contributed by atoms with E-state index in [4.69, 9.17) is 23.2 Å². The van der Waals surface area contributed by atoms with Gasteiger partial charge in [-0.2, -0.15) is 0 Å². The maximum absolute atomic E-state index is 6.15. The minimum Gasteiger partial charge on any atom is -0.111 e. The molecule has 0 aliphatic heterocycles. The summed E-state index contributed by atoms with van der Waals surface area (Å²) in [6, 6.07) is 10.2. The van der Waals surface area contributed by atoms with Crippen LogP contribution in [0.25, 0.3) is 0 Å². The van der Waals surface area contributed by atoms with Gasteiger partial charge in [-0.3, -0.25) is 0 Å². The van der Waals surface area contributed by atoms with E-state index in [1.165, 1.54) is 22.5 Å². The fraction of sp³-hybridized carbons (Fsp3) is 0.167. The second-order valence-electron chi connectivity index (χ2n) is 3.50. The molecule has 1 heterocycles. The normalized spacial score (nSPS) is 12.8. The maximum Gasteiger partial charge on any atom is 0.0990 e. The smallest absolute Gasteiger partial charge is 0.0990 e. The number of hydrogen-bond donors (Lipinski definition) is 0. The van der Waals surface area contributed by atoms with Gasteiger partial charge >= 0.3 is 0 Å². The zero-order valence-electron chi connectivity index (χ0n) is 8.51. The molecule has 4 heteroatoms. The van der Waals surface area contributed by atoms with Gasteiger partial charge in [-0.15, -0.1) is 11.3 Å². The lowest BCUT2D eigenvalue weighted by Gasteiger charge is -2.12. The zero-order chi connectivity index (χ0) is 11.7. The topological polar surface area (TPSA) is 0 Å². The van der Waals surface area contributed by atoms with E-state index in [0.717, 1.165) is 14.2 Å². The van der Waals surface area contributed by atoms with Crippen molar-refractivity contribution in [1.82, 2.24) is 0 Å². The largest absolute Gasteiger partial charge is 0.111 e. The highest BCUT2D eigenvalue weighted by molar-refractivity contribution is 9.09. The number of alkyl halides is 1. The molecule has 2 rings (SSSR count). The lowest BCUT2D eigenvalue weighted by Crippen LogP contribution is -1.94. The van der Waals surface area contributed by atoms with Crippen LogP contribution in [0, 0.1) is 6.92 Å². The molecule has 0 fully saturated rings. The molecule has 0 N–H and O–H groups in total. The Labute approximate surface area is 117 Å². The summed E-state index contributed by atoms with van der Waals surface area (Å²) < 4.78 is 1.47. The minimum absolute atomic E-state index is 0.102. The predicted molar refractivity (Wildman–Crippen MR) is 76.3 cm³/mol. The predicted octanol–water partition coefficient (Wildman–Crippen LogP) is 5.85. The first-order chi connectivity index (χ1) is 7.59. The van der Waals surface area contributed by atoms with E-state index < -0.39 is 0 Å². The molecule has 0 spiro atoms. The standard InChI is InChI=1S/C12H9BrCl2S/c1-7-4-2-3-5-8(7)11(13)9-6-10(14)16-12(9)15/h2-6,11H,1H3. The van der Waals surface area contributed by atoms with Crippen LogP contribution in [0.15, 0.2) is 30.3 Å². The van der Waals surface area contributed by atoms with Crippen molar-refractivity contribution in [2.75, 3.05) is 0 Å². The molecule has 0 nitrogen and oxygen atoms in total. The molecular weight excluding hydrogens is 327 g/mol. The molecule has 16 heavy (non-hydrogen) atoms. The fourth-order valence-electron chi connectivity index (χ4n) is 1.56. The Kier molecular flexibility index (Phi) is 3.96. The van der Waals surface area contributed by atoms with Crippen LogP contribution in [0.1, 0.15) is 21.5 Å². The van der Waals surface area contributed by atoms with Gasteiger partial charge in [0.15, 0.2) is 0 Å². The van der Waals surface area contributed by atoms with Crippen molar-refractivity contribution in [3.63, 3.8) is 0 Å². The van der Waals surface area contributed by atoms with Crippen LogP contribution in [0.3, 0.4) is 0 Å². The van der Waals surface area contributed by atoms with Crippen molar-refractivity contribution in [2.24, 2.45) is 0 Å². The molecule has 0 saturated carbocycles. The Morgan fingerprint density at radius 3 is 2.44 bits per heavy atom. The van der Waals surface area contributed by atoms with E-state index in [9.17, 15) is 0 Å². The second kappa shape index (κ2) is 5.09. The third-order valence-electron chi connectivity index (χ3n) is 2.42. The molecule has 0 aliphatic rings. The molecule has 1 aromatic heterocycles. The molecule has 1 unspecified atom stereocenters. The van der Waals surface area contributed by atoms with Gasteiger partial charge in [-0.05, 0) is 24.1 Å². The van der Waals surface area contributed by atoms with E-state index >= 15 is 0 Å². The van der Waals surface area contributed by atoms with Crippen LogP contribution >= 0.6 is 50.5 Å². The Morgan fingerprint density at radius 2 is 1.88 bits per heavy atom. The number of rotatable bonds is 2. The Balaban J connectivity index is 2.43. The highest BCUT2D eigenvalue weighted by atomic mass is 79.9. The molecule has 0 radical (unpaired) electrons. The van der Waals surface area contributed by atoms with Crippen molar-refractivity contribution in [3.8, 4) is 0 Å².